The minimum Gasteiger partial charge on any atom is -0.382 e. The van der Waals surface area contributed by atoms with Gasteiger partial charge < -0.3 is 9.84 Å². The molecular formula is C18H22O2. The number of hydrogen-bond acceptors (Lipinski definition) is 2. The van der Waals surface area contributed by atoms with Gasteiger partial charge in [0.05, 0.1) is 0 Å². The van der Waals surface area contributed by atoms with E-state index < -0.39 is 5.60 Å². The van der Waals surface area contributed by atoms with Crippen molar-refractivity contribution in [2.45, 2.75) is 32.0 Å². The Labute approximate surface area is 121 Å². The number of benzene rings is 2. The topological polar surface area (TPSA) is 29.5 Å². The van der Waals surface area contributed by atoms with Crippen LogP contribution in [-0.2, 0) is 10.3 Å². The summed E-state index contributed by atoms with van der Waals surface area (Å²) < 4.78 is 5.89. The van der Waals surface area contributed by atoms with Gasteiger partial charge in [-0.3, -0.25) is 0 Å². The Balaban J connectivity index is 2.45. The summed E-state index contributed by atoms with van der Waals surface area (Å²) in [4.78, 5) is 0. The van der Waals surface area contributed by atoms with Crippen LogP contribution in [-0.4, -0.2) is 11.7 Å². The van der Waals surface area contributed by atoms with Crippen LogP contribution in [0.15, 0.2) is 60.7 Å². The Morgan fingerprint density at radius 3 is 2.00 bits per heavy atom. The molecule has 2 rings (SSSR count). The lowest BCUT2D eigenvalue weighted by Gasteiger charge is -2.36. The maximum Gasteiger partial charge on any atom is 0.120 e. The second-order valence-electron chi connectivity index (χ2n) is 4.89. The highest BCUT2D eigenvalue weighted by molar-refractivity contribution is 5.29. The molecule has 0 saturated carbocycles. The molecule has 0 amide bonds. The number of ether oxygens (including phenoxy) is 1. The molecule has 20 heavy (non-hydrogen) atoms. The van der Waals surface area contributed by atoms with Gasteiger partial charge in [0.2, 0.25) is 0 Å². The first kappa shape index (κ1) is 14.8. The molecule has 0 aliphatic heterocycles. The van der Waals surface area contributed by atoms with Gasteiger partial charge in [0.15, 0.2) is 0 Å². The summed E-state index contributed by atoms with van der Waals surface area (Å²) in [7, 11) is 0. The molecule has 1 N–H and O–H groups in total. The first-order valence-electron chi connectivity index (χ1n) is 7.16. The van der Waals surface area contributed by atoms with Crippen LogP contribution in [0.25, 0.3) is 0 Å². The SMILES string of the molecule is CCO[C@@H](c1ccccc1)[C@@](O)(CC)c1ccccc1. The molecule has 0 fully saturated rings. The molecule has 2 aromatic rings. The Morgan fingerprint density at radius 2 is 1.50 bits per heavy atom. The Morgan fingerprint density at radius 1 is 0.950 bits per heavy atom. The largest absolute Gasteiger partial charge is 0.382 e. The third-order valence-corrected chi connectivity index (χ3v) is 3.68. The smallest absolute Gasteiger partial charge is 0.120 e. The average molecular weight is 270 g/mol. The number of aliphatic hydroxyl groups is 1. The molecule has 0 spiro atoms. The lowest BCUT2D eigenvalue weighted by molar-refractivity contribution is -0.117. The van der Waals surface area contributed by atoms with Crippen LogP contribution < -0.4 is 0 Å². The van der Waals surface area contributed by atoms with E-state index in [0.29, 0.717) is 13.0 Å². The molecule has 106 valence electrons. The quantitative estimate of drug-likeness (QED) is 0.857. The molecule has 0 aliphatic rings. The van der Waals surface area contributed by atoms with E-state index in [-0.39, 0.29) is 6.10 Å². The Kier molecular flexibility index (Phi) is 4.94. The van der Waals surface area contributed by atoms with E-state index in [2.05, 4.69) is 0 Å². The van der Waals surface area contributed by atoms with Crippen molar-refractivity contribution in [2.24, 2.45) is 0 Å². The molecule has 0 saturated heterocycles. The van der Waals surface area contributed by atoms with E-state index in [1.54, 1.807) is 0 Å². The number of rotatable bonds is 6. The van der Waals surface area contributed by atoms with E-state index in [9.17, 15) is 5.11 Å². The van der Waals surface area contributed by atoms with Crippen molar-refractivity contribution < 1.29 is 9.84 Å². The highest BCUT2D eigenvalue weighted by Crippen LogP contribution is 2.40. The van der Waals surface area contributed by atoms with Crippen LogP contribution >= 0.6 is 0 Å². The molecule has 2 atom stereocenters. The average Bonchev–Trinajstić information content (AvgIpc) is 2.53. The maximum atomic E-state index is 11.2. The van der Waals surface area contributed by atoms with E-state index >= 15 is 0 Å². The Hall–Kier alpha value is -1.64. The van der Waals surface area contributed by atoms with E-state index in [0.717, 1.165) is 11.1 Å². The predicted octanol–water partition coefficient (Wildman–Crippen LogP) is 4.06. The highest BCUT2D eigenvalue weighted by Gasteiger charge is 2.38. The standard InChI is InChI=1S/C18H22O2/c1-3-18(19,16-13-9-6-10-14-16)17(20-4-2)15-11-7-5-8-12-15/h5-14,17,19H,3-4H2,1-2H3/t17-,18+/m0/s1. The fourth-order valence-corrected chi connectivity index (χ4v) is 2.57. The highest BCUT2D eigenvalue weighted by atomic mass is 16.5. The van der Waals surface area contributed by atoms with Crippen LogP contribution in [0.4, 0.5) is 0 Å². The van der Waals surface area contributed by atoms with E-state index in [1.165, 1.54) is 0 Å². The monoisotopic (exact) mass is 270 g/mol. The van der Waals surface area contributed by atoms with Gasteiger partial charge in [-0.25, -0.2) is 0 Å². The molecule has 0 aliphatic carbocycles. The van der Waals surface area contributed by atoms with Crippen molar-refractivity contribution in [3.8, 4) is 0 Å². The minimum atomic E-state index is -1.02. The summed E-state index contributed by atoms with van der Waals surface area (Å²) in [6.07, 6.45) is 0.234. The fraction of sp³-hybridized carbons (Fsp3) is 0.333. The van der Waals surface area contributed by atoms with Crippen LogP contribution in [0.2, 0.25) is 0 Å². The van der Waals surface area contributed by atoms with Crippen molar-refractivity contribution in [1.82, 2.24) is 0 Å². The summed E-state index contributed by atoms with van der Waals surface area (Å²) in [5.41, 5.74) is 0.880. The third-order valence-electron chi connectivity index (χ3n) is 3.68. The normalized spacial score (nSPS) is 15.6. The van der Waals surface area contributed by atoms with Crippen LogP contribution in [0.3, 0.4) is 0 Å². The zero-order chi connectivity index (χ0) is 14.4. The van der Waals surface area contributed by atoms with Crippen LogP contribution in [0, 0.1) is 0 Å². The van der Waals surface area contributed by atoms with Gasteiger partial charge in [0.25, 0.3) is 0 Å². The summed E-state index contributed by atoms with van der Waals surface area (Å²) in [5, 5.41) is 11.2. The molecule has 0 radical (unpaired) electrons. The van der Waals surface area contributed by atoms with Gasteiger partial charge in [-0.2, -0.15) is 0 Å². The van der Waals surface area contributed by atoms with Crippen LogP contribution in [0.1, 0.15) is 37.5 Å². The van der Waals surface area contributed by atoms with Gasteiger partial charge >= 0.3 is 0 Å². The summed E-state index contributed by atoms with van der Waals surface area (Å²) in [6.45, 7) is 4.51. The molecule has 2 aromatic carbocycles. The second kappa shape index (κ2) is 6.69. The number of hydrogen-bond donors (Lipinski definition) is 1. The van der Waals surface area contributed by atoms with E-state index in [1.807, 2.05) is 74.5 Å². The lowest BCUT2D eigenvalue weighted by atomic mass is 9.82. The fourth-order valence-electron chi connectivity index (χ4n) is 2.57. The van der Waals surface area contributed by atoms with Crippen molar-refractivity contribution in [2.75, 3.05) is 6.61 Å². The molecule has 2 nitrogen and oxygen atoms in total. The molecular weight excluding hydrogens is 248 g/mol. The zero-order valence-electron chi connectivity index (χ0n) is 12.1. The first-order chi connectivity index (χ1) is 9.72. The zero-order valence-corrected chi connectivity index (χ0v) is 12.1. The predicted molar refractivity (Wildman–Crippen MR) is 81.4 cm³/mol. The summed E-state index contributed by atoms with van der Waals surface area (Å²) >= 11 is 0. The molecule has 0 heterocycles. The molecule has 0 bridgehead atoms. The van der Waals surface area contributed by atoms with Crippen molar-refractivity contribution in [3.05, 3.63) is 71.8 Å². The molecule has 0 aromatic heterocycles. The summed E-state index contributed by atoms with van der Waals surface area (Å²) in [5.74, 6) is 0. The van der Waals surface area contributed by atoms with Crippen molar-refractivity contribution >= 4 is 0 Å². The van der Waals surface area contributed by atoms with Gasteiger partial charge in [0.1, 0.15) is 11.7 Å². The Bertz CT molecular complexity index is 509. The molecule has 2 heteroatoms. The van der Waals surface area contributed by atoms with Crippen molar-refractivity contribution in [1.29, 1.82) is 0 Å². The van der Waals surface area contributed by atoms with Gasteiger partial charge in [-0.05, 0) is 24.5 Å². The second-order valence-corrected chi connectivity index (χ2v) is 4.89. The lowest BCUT2D eigenvalue weighted by Crippen LogP contribution is -2.34. The van der Waals surface area contributed by atoms with Crippen molar-refractivity contribution in [3.63, 3.8) is 0 Å². The van der Waals surface area contributed by atoms with Gasteiger partial charge in [-0.15, -0.1) is 0 Å². The maximum absolute atomic E-state index is 11.2. The van der Waals surface area contributed by atoms with Gasteiger partial charge in [0, 0.05) is 6.61 Å². The third kappa shape index (κ3) is 2.92. The summed E-state index contributed by atoms with van der Waals surface area (Å²) in [6, 6.07) is 19.7. The van der Waals surface area contributed by atoms with Crippen LogP contribution in [0.5, 0.6) is 0 Å². The molecule has 0 unspecified atom stereocenters. The minimum absolute atomic E-state index is 0.360. The first-order valence-corrected chi connectivity index (χ1v) is 7.16. The van der Waals surface area contributed by atoms with Gasteiger partial charge in [-0.1, -0.05) is 67.6 Å². The van der Waals surface area contributed by atoms with E-state index in [4.69, 9.17) is 4.74 Å².